The highest BCUT2D eigenvalue weighted by Gasteiger charge is 2.50. The number of piperazine rings is 1. The molecule has 0 aromatic heterocycles. The van der Waals surface area contributed by atoms with Crippen LogP contribution >= 0.6 is 0 Å². The number of amides is 1. The molecule has 1 saturated carbocycles. The van der Waals surface area contributed by atoms with Crippen molar-refractivity contribution < 1.29 is 18.0 Å². The van der Waals surface area contributed by atoms with Crippen LogP contribution in [-0.2, 0) is 4.79 Å². The molecule has 1 amide bonds. The van der Waals surface area contributed by atoms with Gasteiger partial charge in [-0.1, -0.05) is 12.1 Å². The van der Waals surface area contributed by atoms with E-state index in [-0.39, 0.29) is 30.6 Å². The Morgan fingerprint density at radius 3 is 2.76 bits per heavy atom. The van der Waals surface area contributed by atoms with Crippen molar-refractivity contribution in [3.05, 3.63) is 35.6 Å². The third kappa shape index (κ3) is 2.90. The number of hydrogen-bond donors (Lipinski definition) is 1. The third-order valence-electron chi connectivity index (χ3n) is 4.20. The van der Waals surface area contributed by atoms with Gasteiger partial charge in [-0.15, -0.1) is 0 Å². The molecule has 0 bridgehead atoms. The summed E-state index contributed by atoms with van der Waals surface area (Å²) in [5.41, 5.74) is 0.696. The van der Waals surface area contributed by atoms with Crippen molar-refractivity contribution in [2.24, 2.45) is 5.92 Å². The van der Waals surface area contributed by atoms with Gasteiger partial charge in [-0.05, 0) is 17.7 Å². The van der Waals surface area contributed by atoms with E-state index >= 15 is 0 Å². The minimum absolute atomic E-state index is 0.239. The van der Waals surface area contributed by atoms with Crippen LogP contribution in [0.25, 0.3) is 0 Å². The zero-order chi connectivity index (χ0) is 15.0. The van der Waals surface area contributed by atoms with Crippen LogP contribution in [0.1, 0.15) is 24.4 Å². The highest BCUT2D eigenvalue weighted by molar-refractivity contribution is 5.80. The van der Waals surface area contributed by atoms with Crippen molar-refractivity contribution in [3.8, 4) is 0 Å². The molecule has 21 heavy (non-hydrogen) atoms. The number of nitrogens with one attached hydrogen (secondary N) is 1. The van der Waals surface area contributed by atoms with Crippen LogP contribution in [0.4, 0.5) is 13.2 Å². The Balaban J connectivity index is 1.77. The van der Waals surface area contributed by atoms with E-state index in [4.69, 9.17) is 0 Å². The fraction of sp³-hybridized carbons (Fsp3) is 0.533. The van der Waals surface area contributed by atoms with Crippen LogP contribution in [-0.4, -0.2) is 36.4 Å². The molecule has 2 fully saturated rings. The summed E-state index contributed by atoms with van der Waals surface area (Å²) >= 11 is 0. The molecule has 1 aromatic rings. The maximum atomic E-state index is 13.4. The summed E-state index contributed by atoms with van der Waals surface area (Å²) in [6.07, 6.45) is -0.739. The number of nitrogens with zero attached hydrogens (tertiary/aromatic N) is 1. The maximum Gasteiger partial charge on any atom is 0.249 e. The number of rotatable bonds is 2. The van der Waals surface area contributed by atoms with Crippen LogP contribution in [0, 0.1) is 11.7 Å². The summed E-state index contributed by atoms with van der Waals surface area (Å²) in [5.74, 6) is -3.91. The van der Waals surface area contributed by atoms with Crippen LogP contribution in [0.5, 0.6) is 0 Å². The number of halogens is 3. The SMILES string of the molecule is O=C(C1CC(F)(F)C1)N1CCNCC1c1cccc(F)c1. The normalized spacial score (nSPS) is 25.5. The quantitative estimate of drug-likeness (QED) is 0.909. The van der Waals surface area contributed by atoms with E-state index in [0.29, 0.717) is 25.2 Å². The second-order valence-electron chi connectivity index (χ2n) is 5.77. The van der Waals surface area contributed by atoms with Gasteiger partial charge in [0.1, 0.15) is 5.82 Å². The first-order valence-electron chi connectivity index (χ1n) is 7.11. The summed E-state index contributed by atoms with van der Waals surface area (Å²) in [6.45, 7) is 1.60. The van der Waals surface area contributed by atoms with E-state index in [1.165, 1.54) is 12.1 Å². The smallest absolute Gasteiger partial charge is 0.249 e. The standard InChI is InChI=1S/C15H17F3N2O/c16-12-3-1-2-10(6-12)13-9-19-4-5-20(13)14(21)11-7-15(17,18)8-11/h1-3,6,11,13,19H,4-5,7-9H2. The van der Waals surface area contributed by atoms with Gasteiger partial charge in [0.15, 0.2) is 0 Å². The predicted octanol–water partition coefficient (Wildman–Crippen LogP) is 2.34. The maximum absolute atomic E-state index is 13.4. The van der Waals surface area contributed by atoms with E-state index in [9.17, 15) is 18.0 Å². The molecular weight excluding hydrogens is 281 g/mol. The van der Waals surface area contributed by atoms with Crippen molar-refractivity contribution >= 4 is 5.91 Å². The fourth-order valence-electron chi connectivity index (χ4n) is 3.05. The lowest BCUT2D eigenvalue weighted by Gasteiger charge is -2.42. The lowest BCUT2D eigenvalue weighted by atomic mass is 9.80. The van der Waals surface area contributed by atoms with Gasteiger partial charge in [0.25, 0.3) is 0 Å². The van der Waals surface area contributed by atoms with Gasteiger partial charge in [0.05, 0.1) is 6.04 Å². The molecule has 1 aliphatic heterocycles. The van der Waals surface area contributed by atoms with Gasteiger partial charge in [-0.25, -0.2) is 13.2 Å². The van der Waals surface area contributed by atoms with Gasteiger partial charge in [-0.3, -0.25) is 4.79 Å². The van der Waals surface area contributed by atoms with Crippen LogP contribution in [0.2, 0.25) is 0 Å². The zero-order valence-corrected chi connectivity index (χ0v) is 11.5. The van der Waals surface area contributed by atoms with Gasteiger partial charge >= 0.3 is 0 Å². The molecule has 3 nitrogen and oxygen atoms in total. The first-order valence-corrected chi connectivity index (χ1v) is 7.11. The van der Waals surface area contributed by atoms with Crippen LogP contribution in [0.3, 0.4) is 0 Å². The summed E-state index contributed by atoms with van der Waals surface area (Å²) < 4.78 is 39.3. The topological polar surface area (TPSA) is 32.3 Å². The molecular formula is C15H17F3N2O. The number of hydrogen-bond acceptors (Lipinski definition) is 2. The largest absolute Gasteiger partial charge is 0.333 e. The molecule has 1 aromatic carbocycles. The van der Waals surface area contributed by atoms with Gasteiger partial charge in [0.2, 0.25) is 11.8 Å². The Hall–Kier alpha value is -1.56. The Kier molecular flexibility index (Phi) is 3.65. The Bertz CT molecular complexity index is 541. The fourth-order valence-corrected chi connectivity index (χ4v) is 3.05. The van der Waals surface area contributed by atoms with E-state index in [1.54, 1.807) is 17.0 Å². The van der Waals surface area contributed by atoms with Crippen LogP contribution in [0.15, 0.2) is 24.3 Å². The van der Waals surface area contributed by atoms with Crippen molar-refractivity contribution in [3.63, 3.8) is 0 Å². The van der Waals surface area contributed by atoms with E-state index < -0.39 is 11.8 Å². The van der Waals surface area contributed by atoms with Gasteiger partial charge < -0.3 is 10.2 Å². The van der Waals surface area contributed by atoms with Crippen LogP contribution < -0.4 is 5.32 Å². The molecule has 6 heteroatoms. The average molecular weight is 298 g/mol. The Morgan fingerprint density at radius 2 is 2.10 bits per heavy atom. The lowest BCUT2D eigenvalue weighted by Crippen LogP contribution is -2.53. The lowest BCUT2D eigenvalue weighted by molar-refractivity contribution is -0.162. The minimum Gasteiger partial charge on any atom is -0.333 e. The summed E-state index contributed by atoms with van der Waals surface area (Å²) in [6, 6.07) is 5.80. The molecule has 1 N–H and O–H groups in total. The molecule has 3 rings (SSSR count). The summed E-state index contributed by atoms with van der Waals surface area (Å²) in [7, 11) is 0. The first-order chi connectivity index (χ1) is 9.96. The number of benzene rings is 1. The number of carbonyl (C=O) groups excluding carboxylic acids is 1. The number of carbonyl (C=O) groups is 1. The van der Waals surface area contributed by atoms with Crippen molar-refractivity contribution in [2.45, 2.75) is 24.8 Å². The van der Waals surface area contributed by atoms with Gasteiger partial charge in [0, 0.05) is 38.4 Å². The molecule has 1 heterocycles. The molecule has 2 aliphatic rings. The van der Waals surface area contributed by atoms with Crippen molar-refractivity contribution in [2.75, 3.05) is 19.6 Å². The first kappa shape index (κ1) is 14.4. The summed E-state index contributed by atoms with van der Waals surface area (Å²) in [5, 5.41) is 3.16. The average Bonchev–Trinajstić information content (AvgIpc) is 2.44. The van der Waals surface area contributed by atoms with E-state index in [0.717, 1.165) is 0 Å². The highest BCUT2D eigenvalue weighted by atomic mass is 19.3. The van der Waals surface area contributed by atoms with Crippen molar-refractivity contribution in [1.82, 2.24) is 10.2 Å². The molecule has 114 valence electrons. The molecule has 1 saturated heterocycles. The van der Waals surface area contributed by atoms with E-state index in [1.807, 2.05) is 0 Å². The minimum atomic E-state index is -2.71. The predicted molar refractivity (Wildman–Crippen MR) is 71.4 cm³/mol. The second-order valence-corrected chi connectivity index (χ2v) is 5.77. The Labute approximate surface area is 121 Å². The van der Waals surface area contributed by atoms with Crippen molar-refractivity contribution in [1.29, 1.82) is 0 Å². The summed E-state index contributed by atoms with van der Waals surface area (Å²) in [4.78, 5) is 14.0. The van der Waals surface area contributed by atoms with Gasteiger partial charge in [-0.2, -0.15) is 0 Å². The molecule has 1 unspecified atom stereocenters. The monoisotopic (exact) mass is 298 g/mol. The number of alkyl halides is 2. The highest BCUT2D eigenvalue weighted by Crippen LogP contribution is 2.44. The second kappa shape index (κ2) is 5.33. The van der Waals surface area contributed by atoms with E-state index in [2.05, 4.69) is 5.32 Å². The molecule has 1 aliphatic carbocycles. The molecule has 0 radical (unpaired) electrons. The third-order valence-corrected chi connectivity index (χ3v) is 4.20. The Morgan fingerprint density at radius 1 is 1.33 bits per heavy atom. The molecule has 1 atom stereocenters. The molecule has 0 spiro atoms. The zero-order valence-electron chi connectivity index (χ0n) is 11.5.